The smallest absolute Gasteiger partial charge is 0.218 e. The van der Waals surface area contributed by atoms with Crippen molar-refractivity contribution in [1.82, 2.24) is 9.97 Å². The topological polar surface area (TPSA) is 47.0 Å². The van der Waals surface area contributed by atoms with E-state index in [2.05, 4.69) is 36.1 Å². The Morgan fingerprint density at radius 2 is 2.05 bits per heavy atom. The molecule has 3 atom stereocenters. The highest BCUT2D eigenvalue weighted by atomic mass is 16.5. The van der Waals surface area contributed by atoms with Gasteiger partial charge >= 0.3 is 0 Å². The highest BCUT2D eigenvalue weighted by molar-refractivity contribution is 5.37. The van der Waals surface area contributed by atoms with Crippen molar-refractivity contribution in [1.29, 1.82) is 0 Å². The number of aromatic nitrogens is 2. The number of hydrogen-bond donors (Lipinski definition) is 1. The van der Waals surface area contributed by atoms with Crippen LogP contribution in [0.5, 0.6) is 5.88 Å². The highest BCUT2D eigenvalue weighted by Gasteiger charge is 2.26. The summed E-state index contributed by atoms with van der Waals surface area (Å²) in [5, 5.41) is 3.09. The molecule has 1 aromatic rings. The maximum Gasteiger partial charge on any atom is 0.218 e. The second kappa shape index (κ2) is 6.91. The Balaban J connectivity index is 2.06. The lowest BCUT2D eigenvalue weighted by atomic mass is 9.80. The fourth-order valence-electron chi connectivity index (χ4n) is 2.77. The van der Waals surface area contributed by atoms with Gasteiger partial charge in [-0.05, 0) is 37.5 Å². The molecule has 1 N–H and O–H groups in total. The molecule has 112 valence electrons. The molecule has 0 amide bonds. The molecule has 4 nitrogen and oxygen atoms in total. The zero-order chi connectivity index (χ0) is 14.5. The minimum atomic E-state index is 0.301. The summed E-state index contributed by atoms with van der Waals surface area (Å²) in [6, 6.07) is 1.90. The maximum absolute atomic E-state index is 6.11. The first kappa shape index (κ1) is 15.1. The van der Waals surface area contributed by atoms with E-state index >= 15 is 0 Å². The van der Waals surface area contributed by atoms with Crippen LogP contribution in [0.25, 0.3) is 0 Å². The third-order valence-corrected chi connectivity index (χ3v) is 4.32. The molecular weight excluding hydrogens is 250 g/mol. The molecule has 0 aromatic carbocycles. The Kier molecular flexibility index (Phi) is 5.21. The van der Waals surface area contributed by atoms with Crippen molar-refractivity contribution in [2.24, 2.45) is 11.8 Å². The van der Waals surface area contributed by atoms with Crippen LogP contribution in [0.2, 0.25) is 0 Å². The SMILES string of the molecule is CCCc1nc(NC)cc(OC2CCC(C)C(C)C2)n1. The monoisotopic (exact) mass is 277 g/mol. The lowest BCUT2D eigenvalue weighted by molar-refractivity contribution is 0.0961. The van der Waals surface area contributed by atoms with Crippen LogP contribution in [-0.2, 0) is 6.42 Å². The Bertz CT molecular complexity index is 436. The van der Waals surface area contributed by atoms with Gasteiger partial charge < -0.3 is 10.1 Å². The Labute approximate surface area is 122 Å². The van der Waals surface area contributed by atoms with Gasteiger partial charge in [-0.2, -0.15) is 4.98 Å². The first-order valence-corrected chi connectivity index (χ1v) is 7.84. The van der Waals surface area contributed by atoms with Gasteiger partial charge in [-0.1, -0.05) is 20.8 Å². The normalized spacial score (nSPS) is 26.3. The second-order valence-corrected chi connectivity index (χ2v) is 6.02. The van der Waals surface area contributed by atoms with Crippen molar-refractivity contribution in [3.05, 3.63) is 11.9 Å². The van der Waals surface area contributed by atoms with Crippen LogP contribution in [0.3, 0.4) is 0 Å². The first-order chi connectivity index (χ1) is 9.62. The van der Waals surface area contributed by atoms with Gasteiger partial charge in [-0.15, -0.1) is 0 Å². The standard InChI is InChI=1S/C16H27N3O/c1-5-6-14-18-15(17-4)10-16(19-14)20-13-8-7-11(2)12(3)9-13/h10-13H,5-9H2,1-4H3,(H,17,18,19). The van der Waals surface area contributed by atoms with Crippen molar-refractivity contribution in [3.63, 3.8) is 0 Å². The summed E-state index contributed by atoms with van der Waals surface area (Å²) in [5.74, 6) is 3.97. The van der Waals surface area contributed by atoms with Gasteiger partial charge in [-0.3, -0.25) is 0 Å². The molecule has 4 heteroatoms. The molecular formula is C16H27N3O. The second-order valence-electron chi connectivity index (χ2n) is 6.02. The van der Waals surface area contributed by atoms with Gasteiger partial charge in [0.25, 0.3) is 0 Å². The minimum Gasteiger partial charge on any atom is -0.474 e. The fourth-order valence-corrected chi connectivity index (χ4v) is 2.77. The van der Waals surface area contributed by atoms with Crippen LogP contribution in [0, 0.1) is 11.8 Å². The average molecular weight is 277 g/mol. The van der Waals surface area contributed by atoms with Crippen LogP contribution in [0.1, 0.15) is 52.3 Å². The molecule has 1 fully saturated rings. The summed E-state index contributed by atoms with van der Waals surface area (Å²) in [4.78, 5) is 9.00. The average Bonchev–Trinajstić information content (AvgIpc) is 2.43. The molecule has 0 aliphatic heterocycles. The molecule has 1 aliphatic carbocycles. The molecule has 3 unspecified atom stereocenters. The molecule has 0 radical (unpaired) electrons. The third kappa shape index (κ3) is 3.84. The van der Waals surface area contributed by atoms with E-state index < -0.39 is 0 Å². The fraction of sp³-hybridized carbons (Fsp3) is 0.750. The van der Waals surface area contributed by atoms with Crippen LogP contribution in [0.15, 0.2) is 6.07 Å². The van der Waals surface area contributed by atoms with Crippen LogP contribution in [0.4, 0.5) is 5.82 Å². The van der Waals surface area contributed by atoms with Crippen molar-refractivity contribution in [3.8, 4) is 5.88 Å². The zero-order valence-electron chi connectivity index (χ0n) is 13.1. The number of nitrogens with one attached hydrogen (secondary N) is 1. The Morgan fingerprint density at radius 1 is 1.25 bits per heavy atom. The van der Waals surface area contributed by atoms with E-state index in [0.29, 0.717) is 6.10 Å². The van der Waals surface area contributed by atoms with Gasteiger partial charge in [0.15, 0.2) is 0 Å². The van der Waals surface area contributed by atoms with E-state index in [1.807, 2.05) is 13.1 Å². The number of nitrogens with zero attached hydrogens (tertiary/aromatic N) is 2. The summed E-state index contributed by atoms with van der Waals surface area (Å²) < 4.78 is 6.11. The van der Waals surface area contributed by atoms with Crippen LogP contribution < -0.4 is 10.1 Å². The number of anilines is 1. The summed E-state index contributed by atoms with van der Waals surface area (Å²) >= 11 is 0. The van der Waals surface area contributed by atoms with Gasteiger partial charge in [-0.25, -0.2) is 4.98 Å². The lowest BCUT2D eigenvalue weighted by Crippen LogP contribution is -2.29. The van der Waals surface area contributed by atoms with Gasteiger partial charge in [0, 0.05) is 19.5 Å². The summed E-state index contributed by atoms with van der Waals surface area (Å²) in [5.41, 5.74) is 0. The van der Waals surface area contributed by atoms with E-state index in [1.165, 1.54) is 6.42 Å². The van der Waals surface area contributed by atoms with Crippen molar-refractivity contribution in [2.45, 2.75) is 59.0 Å². The van der Waals surface area contributed by atoms with Crippen molar-refractivity contribution in [2.75, 3.05) is 12.4 Å². The zero-order valence-corrected chi connectivity index (χ0v) is 13.1. The predicted octanol–water partition coefficient (Wildman–Crippen LogP) is 3.67. The molecule has 0 bridgehead atoms. The highest BCUT2D eigenvalue weighted by Crippen LogP contribution is 2.31. The third-order valence-electron chi connectivity index (χ3n) is 4.32. The molecule has 1 heterocycles. The maximum atomic E-state index is 6.11. The minimum absolute atomic E-state index is 0.301. The molecule has 2 rings (SSSR count). The molecule has 20 heavy (non-hydrogen) atoms. The quantitative estimate of drug-likeness (QED) is 0.892. The van der Waals surface area contributed by atoms with E-state index in [0.717, 1.165) is 55.0 Å². The van der Waals surface area contributed by atoms with Crippen molar-refractivity contribution < 1.29 is 4.74 Å². The largest absolute Gasteiger partial charge is 0.474 e. The summed E-state index contributed by atoms with van der Waals surface area (Å²) in [6.45, 7) is 6.80. The van der Waals surface area contributed by atoms with E-state index in [1.54, 1.807) is 0 Å². The van der Waals surface area contributed by atoms with Crippen LogP contribution >= 0.6 is 0 Å². The van der Waals surface area contributed by atoms with Gasteiger partial charge in [0.1, 0.15) is 17.7 Å². The van der Waals surface area contributed by atoms with E-state index in [9.17, 15) is 0 Å². The van der Waals surface area contributed by atoms with Crippen LogP contribution in [-0.4, -0.2) is 23.1 Å². The predicted molar refractivity (Wildman–Crippen MR) is 82.2 cm³/mol. The molecule has 1 aliphatic rings. The van der Waals surface area contributed by atoms with Crippen molar-refractivity contribution >= 4 is 5.82 Å². The van der Waals surface area contributed by atoms with Gasteiger partial charge in [0.05, 0.1) is 0 Å². The number of aryl methyl sites for hydroxylation is 1. The number of hydrogen-bond acceptors (Lipinski definition) is 4. The molecule has 1 saturated carbocycles. The summed E-state index contributed by atoms with van der Waals surface area (Å²) in [7, 11) is 1.88. The van der Waals surface area contributed by atoms with E-state index in [4.69, 9.17) is 4.74 Å². The van der Waals surface area contributed by atoms with E-state index in [-0.39, 0.29) is 0 Å². The Morgan fingerprint density at radius 3 is 2.70 bits per heavy atom. The molecule has 0 spiro atoms. The lowest BCUT2D eigenvalue weighted by Gasteiger charge is -2.32. The van der Waals surface area contributed by atoms with Gasteiger partial charge in [0.2, 0.25) is 5.88 Å². The number of rotatable bonds is 5. The number of ether oxygens (including phenoxy) is 1. The Hall–Kier alpha value is -1.32. The first-order valence-electron chi connectivity index (χ1n) is 7.84. The molecule has 0 saturated heterocycles. The molecule has 1 aromatic heterocycles. The summed E-state index contributed by atoms with van der Waals surface area (Å²) in [6.07, 6.45) is 5.75.